The molecule has 0 amide bonds. The van der Waals surface area contributed by atoms with Crippen LogP contribution in [0.4, 0.5) is 0 Å². The molecule has 1 saturated heterocycles. The van der Waals surface area contributed by atoms with Crippen LogP contribution in [-0.2, 0) is 4.74 Å². The number of hydrogen-bond acceptors (Lipinski definition) is 6. The second-order valence-corrected chi connectivity index (χ2v) is 4.38. The first-order valence-electron chi connectivity index (χ1n) is 4.49. The molecule has 1 fully saturated rings. The zero-order valence-electron chi connectivity index (χ0n) is 7.74. The molecule has 0 radical (unpaired) electrons. The maximum atomic E-state index is 9.38. The molecule has 1 heterocycles. The summed E-state index contributed by atoms with van der Waals surface area (Å²) in [6.45, 7) is -0.0986. The van der Waals surface area contributed by atoms with Gasteiger partial charge in [-0.05, 0) is 0 Å². The van der Waals surface area contributed by atoms with Gasteiger partial charge in [0.2, 0.25) is 0 Å². The maximum absolute atomic E-state index is 9.38. The zero-order chi connectivity index (χ0) is 10.6. The van der Waals surface area contributed by atoms with E-state index >= 15 is 0 Å². The fourth-order valence-electron chi connectivity index (χ4n) is 1.19. The van der Waals surface area contributed by atoms with Gasteiger partial charge in [0, 0.05) is 11.5 Å². The molecule has 4 N–H and O–H groups in total. The molecule has 0 bridgehead atoms. The van der Waals surface area contributed by atoms with E-state index in [1.165, 1.54) is 11.8 Å². The lowest BCUT2D eigenvalue weighted by atomic mass is 10.2. The molecule has 4 atom stereocenters. The van der Waals surface area contributed by atoms with E-state index in [0.717, 1.165) is 0 Å². The van der Waals surface area contributed by atoms with Crippen LogP contribution in [0, 0.1) is 0 Å². The topological polar surface area (TPSA) is 90.2 Å². The summed E-state index contributed by atoms with van der Waals surface area (Å²) in [6, 6.07) is 0. The molecule has 0 saturated carbocycles. The number of hydrogen-bond donors (Lipinski definition) is 4. The highest BCUT2D eigenvalue weighted by atomic mass is 32.2. The standard InChI is InChI=1S/C8H16O5S/c9-1-5(10)3-14-4-7-8(12)6(11)2-13-7/h5-12H,1-4H2. The van der Waals surface area contributed by atoms with Gasteiger partial charge in [-0.15, -0.1) is 0 Å². The van der Waals surface area contributed by atoms with Crippen LogP contribution in [-0.4, -0.2) is 69.6 Å². The van der Waals surface area contributed by atoms with Gasteiger partial charge in [-0.1, -0.05) is 0 Å². The smallest absolute Gasteiger partial charge is 0.109 e. The Morgan fingerprint density at radius 1 is 1.43 bits per heavy atom. The summed E-state index contributed by atoms with van der Waals surface area (Å²) in [4.78, 5) is 0. The van der Waals surface area contributed by atoms with Crippen LogP contribution in [0.2, 0.25) is 0 Å². The van der Waals surface area contributed by atoms with Crippen molar-refractivity contribution >= 4 is 11.8 Å². The van der Waals surface area contributed by atoms with Crippen LogP contribution in [0.1, 0.15) is 0 Å². The van der Waals surface area contributed by atoms with Crippen molar-refractivity contribution < 1.29 is 25.2 Å². The third-order valence-corrected chi connectivity index (χ3v) is 3.24. The molecular weight excluding hydrogens is 208 g/mol. The third-order valence-electron chi connectivity index (χ3n) is 2.06. The van der Waals surface area contributed by atoms with E-state index in [2.05, 4.69) is 0 Å². The molecule has 4 unspecified atom stereocenters. The van der Waals surface area contributed by atoms with Gasteiger partial charge in [-0.3, -0.25) is 0 Å². The summed E-state index contributed by atoms with van der Waals surface area (Å²) in [5.41, 5.74) is 0. The summed E-state index contributed by atoms with van der Waals surface area (Å²) >= 11 is 1.38. The Kier molecular flexibility index (Phi) is 5.14. The normalized spacial score (nSPS) is 34.7. The van der Waals surface area contributed by atoms with Gasteiger partial charge in [-0.25, -0.2) is 0 Å². The number of thioether (sulfide) groups is 1. The van der Waals surface area contributed by atoms with E-state index in [4.69, 9.17) is 20.1 Å². The Morgan fingerprint density at radius 2 is 2.14 bits per heavy atom. The van der Waals surface area contributed by atoms with E-state index in [1.807, 2.05) is 0 Å². The quantitative estimate of drug-likeness (QED) is 0.440. The first-order valence-corrected chi connectivity index (χ1v) is 5.65. The average molecular weight is 224 g/mol. The molecule has 1 aliphatic heterocycles. The number of rotatable bonds is 5. The molecule has 5 nitrogen and oxygen atoms in total. The van der Waals surface area contributed by atoms with Gasteiger partial charge < -0.3 is 25.2 Å². The molecule has 1 aliphatic rings. The molecule has 0 aromatic heterocycles. The first-order chi connectivity index (χ1) is 6.65. The van der Waals surface area contributed by atoms with Crippen molar-refractivity contribution in [2.75, 3.05) is 24.7 Å². The van der Waals surface area contributed by atoms with E-state index < -0.39 is 18.3 Å². The van der Waals surface area contributed by atoms with E-state index in [0.29, 0.717) is 11.5 Å². The predicted octanol–water partition coefficient (Wildman–Crippen LogP) is -1.81. The molecule has 0 aliphatic carbocycles. The van der Waals surface area contributed by atoms with E-state index in [1.54, 1.807) is 0 Å². The Labute approximate surface area is 86.7 Å². The highest BCUT2D eigenvalue weighted by Crippen LogP contribution is 2.18. The molecule has 0 aromatic rings. The Hall–Kier alpha value is 0.150. The number of ether oxygens (including phenoxy) is 1. The summed E-state index contributed by atoms with van der Waals surface area (Å²) in [5, 5.41) is 36.1. The number of aliphatic hydroxyl groups excluding tert-OH is 4. The summed E-state index contributed by atoms with van der Waals surface area (Å²) < 4.78 is 5.13. The Balaban J connectivity index is 2.13. The van der Waals surface area contributed by atoms with E-state index in [-0.39, 0.29) is 19.3 Å². The molecular formula is C8H16O5S. The second-order valence-electron chi connectivity index (χ2n) is 3.30. The first kappa shape index (κ1) is 12.2. The van der Waals surface area contributed by atoms with Gasteiger partial charge >= 0.3 is 0 Å². The SMILES string of the molecule is OCC(O)CSCC1OCC(O)C1O. The minimum Gasteiger partial charge on any atom is -0.394 e. The monoisotopic (exact) mass is 224 g/mol. The second kappa shape index (κ2) is 5.89. The molecule has 14 heavy (non-hydrogen) atoms. The molecule has 6 heteroatoms. The molecule has 0 aromatic carbocycles. The van der Waals surface area contributed by atoms with Crippen molar-refractivity contribution in [2.45, 2.75) is 24.4 Å². The third kappa shape index (κ3) is 3.38. The average Bonchev–Trinajstić information content (AvgIpc) is 2.49. The van der Waals surface area contributed by atoms with Crippen LogP contribution in [0.25, 0.3) is 0 Å². The van der Waals surface area contributed by atoms with Gasteiger partial charge in [0.1, 0.15) is 12.2 Å². The van der Waals surface area contributed by atoms with Crippen molar-refractivity contribution in [2.24, 2.45) is 0 Å². The summed E-state index contributed by atoms with van der Waals surface area (Å²) in [6.07, 6.45) is -2.75. The van der Waals surface area contributed by atoms with Crippen molar-refractivity contribution in [3.63, 3.8) is 0 Å². The van der Waals surface area contributed by atoms with Gasteiger partial charge in [0.15, 0.2) is 0 Å². The van der Waals surface area contributed by atoms with Crippen LogP contribution in [0.3, 0.4) is 0 Å². The van der Waals surface area contributed by atoms with Crippen LogP contribution >= 0.6 is 11.8 Å². The largest absolute Gasteiger partial charge is 0.394 e. The lowest BCUT2D eigenvalue weighted by Crippen LogP contribution is -2.31. The highest BCUT2D eigenvalue weighted by Gasteiger charge is 2.34. The van der Waals surface area contributed by atoms with Gasteiger partial charge in [-0.2, -0.15) is 11.8 Å². The Bertz CT molecular complexity index is 168. The number of aliphatic hydroxyl groups is 4. The molecule has 84 valence electrons. The zero-order valence-corrected chi connectivity index (χ0v) is 8.56. The van der Waals surface area contributed by atoms with Crippen molar-refractivity contribution in [1.82, 2.24) is 0 Å². The maximum Gasteiger partial charge on any atom is 0.109 e. The molecule has 1 rings (SSSR count). The van der Waals surface area contributed by atoms with Crippen LogP contribution < -0.4 is 0 Å². The summed E-state index contributed by atoms with van der Waals surface area (Å²) in [7, 11) is 0. The van der Waals surface area contributed by atoms with Crippen molar-refractivity contribution in [3.8, 4) is 0 Å². The van der Waals surface area contributed by atoms with Gasteiger partial charge in [0.05, 0.1) is 25.4 Å². The van der Waals surface area contributed by atoms with Crippen LogP contribution in [0.5, 0.6) is 0 Å². The lowest BCUT2D eigenvalue weighted by molar-refractivity contribution is 0.0336. The lowest BCUT2D eigenvalue weighted by Gasteiger charge is -2.14. The van der Waals surface area contributed by atoms with Gasteiger partial charge in [0.25, 0.3) is 0 Å². The fourth-order valence-corrected chi connectivity index (χ4v) is 2.23. The Morgan fingerprint density at radius 3 is 2.64 bits per heavy atom. The summed E-state index contributed by atoms with van der Waals surface area (Å²) in [5.74, 6) is 0.911. The fraction of sp³-hybridized carbons (Fsp3) is 1.00. The predicted molar refractivity (Wildman–Crippen MR) is 52.2 cm³/mol. The molecule has 0 spiro atoms. The van der Waals surface area contributed by atoms with Crippen LogP contribution in [0.15, 0.2) is 0 Å². The van der Waals surface area contributed by atoms with Crippen molar-refractivity contribution in [3.05, 3.63) is 0 Å². The van der Waals surface area contributed by atoms with E-state index in [9.17, 15) is 5.11 Å². The minimum absolute atomic E-state index is 0.162. The minimum atomic E-state index is -0.839. The van der Waals surface area contributed by atoms with Crippen molar-refractivity contribution in [1.29, 1.82) is 0 Å². The highest BCUT2D eigenvalue weighted by molar-refractivity contribution is 7.99.